The number of rotatable bonds is 2. The molecule has 1 aliphatic rings. The summed E-state index contributed by atoms with van der Waals surface area (Å²) in [5, 5.41) is 0. The predicted molar refractivity (Wildman–Crippen MR) is 66.5 cm³/mol. The zero-order valence-electron chi connectivity index (χ0n) is 9.76. The first-order chi connectivity index (χ1) is 8.08. The summed E-state index contributed by atoms with van der Waals surface area (Å²) in [6.45, 7) is 3.11. The van der Waals surface area contributed by atoms with E-state index in [1.807, 2.05) is 6.07 Å². The lowest BCUT2D eigenvalue weighted by Crippen LogP contribution is -2.16. The van der Waals surface area contributed by atoms with Gasteiger partial charge in [-0.25, -0.2) is 8.42 Å². The third kappa shape index (κ3) is 7.73. The second-order valence-electron chi connectivity index (χ2n) is 3.46. The first-order valence-electron chi connectivity index (χ1n) is 5.26. The van der Waals surface area contributed by atoms with Crippen LogP contribution in [-0.2, 0) is 19.5 Å². The van der Waals surface area contributed by atoms with Gasteiger partial charge < -0.3 is 9.47 Å². The number of anilines is 1. The molecule has 1 N–H and O–H groups in total. The second kappa shape index (κ2) is 7.26. The van der Waals surface area contributed by atoms with Gasteiger partial charge in [0.2, 0.25) is 10.0 Å². The van der Waals surface area contributed by atoms with Gasteiger partial charge in [-0.15, -0.1) is 0 Å². The highest BCUT2D eigenvalue weighted by atomic mass is 32.2. The van der Waals surface area contributed by atoms with Crippen molar-refractivity contribution in [1.29, 1.82) is 0 Å². The van der Waals surface area contributed by atoms with Crippen LogP contribution in [0.1, 0.15) is 0 Å². The molecule has 0 aromatic heterocycles. The quantitative estimate of drug-likeness (QED) is 0.863. The Balaban J connectivity index is 0.000000202. The molecule has 0 spiro atoms. The molecule has 1 heterocycles. The number of hydrogen-bond donors (Lipinski definition) is 1. The molecule has 0 aliphatic carbocycles. The average Bonchev–Trinajstić information content (AvgIpc) is 2.31. The van der Waals surface area contributed by atoms with E-state index in [-0.39, 0.29) is 0 Å². The van der Waals surface area contributed by atoms with E-state index in [0.717, 1.165) is 32.7 Å². The summed E-state index contributed by atoms with van der Waals surface area (Å²) in [5.74, 6) is 0. The van der Waals surface area contributed by atoms with Crippen molar-refractivity contribution < 1.29 is 17.9 Å². The number of hydrogen-bond acceptors (Lipinski definition) is 4. The van der Waals surface area contributed by atoms with Crippen LogP contribution in [0.2, 0.25) is 0 Å². The number of nitrogens with one attached hydrogen (secondary N) is 1. The van der Waals surface area contributed by atoms with Gasteiger partial charge in [0, 0.05) is 5.69 Å². The number of sulfonamides is 1. The Kier molecular flexibility index (Phi) is 5.96. The van der Waals surface area contributed by atoms with Crippen LogP contribution in [0, 0.1) is 0 Å². The van der Waals surface area contributed by atoms with Gasteiger partial charge in [-0.2, -0.15) is 0 Å². The van der Waals surface area contributed by atoms with Crippen molar-refractivity contribution in [2.45, 2.75) is 0 Å². The highest BCUT2D eigenvalue weighted by Gasteiger charge is 1.98. The number of para-hydroxylation sites is 1. The molecule has 17 heavy (non-hydrogen) atoms. The Morgan fingerprint density at radius 3 is 1.82 bits per heavy atom. The molecule has 2 rings (SSSR count). The summed E-state index contributed by atoms with van der Waals surface area (Å²) in [4.78, 5) is 0. The Hall–Kier alpha value is -1.11. The van der Waals surface area contributed by atoms with Crippen molar-refractivity contribution in [3.05, 3.63) is 30.3 Å². The van der Waals surface area contributed by atoms with E-state index in [1.54, 1.807) is 24.3 Å². The summed E-state index contributed by atoms with van der Waals surface area (Å²) in [7, 11) is -3.13. The maximum Gasteiger partial charge on any atom is 0.229 e. The van der Waals surface area contributed by atoms with Gasteiger partial charge in [0.05, 0.1) is 32.7 Å². The van der Waals surface area contributed by atoms with Crippen molar-refractivity contribution in [3.8, 4) is 0 Å². The van der Waals surface area contributed by atoms with E-state index in [1.165, 1.54) is 0 Å². The molecule has 0 saturated carbocycles. The molecule has 1 fully saturated rings. The smallest absolute Gasteiger partial charge is 0.229 e. The third-order valence-corrected chi connectivity index (χ3v) is 2.43. The van der Waals surface area contributed by atoms with Crippen LogP contribution in [0.15, 0.2) is 30.3 Å². The maximum absolute atomic E-state index is 10.7. The molecule has 0 radical (unpaired) electrons. The monoisotopic (exact) mass is 259 g/mol. The molecule has 96 valence electrons. The molecular formula is C11H17NO4S. The van der Waals surface area contributed by atoms with Crippen molar-refractivity contribution in [2.75, 3.05) is 37.4 Å². The minimum Gasteiger partial charge on any atom is -0.377 e. The van der Waals surface area contributed by atoms with E-state index >= 15 is 0 Å². The van der Waals surface area contributed by atoms with E-state index in [9.17, 15) is 8.42 Å². The molecule has 0 bridgehead atoms. The fourth-order valence-corrected chi connectivity index (χ4v) is 1.72. The van der Waals surface area contributed by atoms with Crippen LogP contribution in [0.3, 0.4) is 0 Å². The predicted octanol–water partition coefficient (Wildman–Crippen LogP) is 1.09. The average molecular weight is 259 g/mol. The maximum atomic E-state index is 10.7. The van der Waals surface area contributed by atoms with Gasteiger partial charge in [-0.1, -0.05) is 18.2 Å². The SMILES string of the molecule is C1COCCO1.CS(=O)(=O)Nc1ccccc1. The zero-order valence-corrected chi connectivity index (χ0v) is 10.6. The van der Waals surface area contributed by atoms with Gasteiger partial charge in [-0.05, 0) is 12.1 Å². The molecule has 1 saturated heterocycles. The van der Waals surface area contributed by atoms with E-state index < -0.39 is 10.0 Å². The fourth-order valence-electron chi connectivity index (χ4n) is 1.16. The van der Waals surface area contributed by atoms with E-state index in [4.69, 9.17) is 9.47 Å². The highest BCUT2D eigenvalue weighted by Crippen LogP contribution is 2.05. The lowest BCUT2D eigenvalue weighted by molar-refractivity contribution is -0.0334. The van der Waals surface area contributed by atoms with Crippen LogP contribution in [0.25, 0.3) is 0 Å². The van der Waals surface area contributed by atoms with Gasteiger partial charge in [0.1, 0.15) is 0 Å². The first-order valence-corrected chi connectivity index (χ1v) is 7.15. The molecular weight excluding hydrogens is 242 g/mol. The fraction of sp³-hybridized carbons (Fsp3) is 0.455. The van der Waals surface area contributed by atoms with E-state index in [0.29, 0.717) is 5.69 Å². The first kappa shape index (κ1) is 14.0. The van der Waals surface area contributed by atoms with Gasteiger partial charge in [-0.3, -0.25) is 4.72 Å². The van der Waals surface area contributed by atoms with Crippen LogP contribution < -0.4 is 4.72 Å². The molecule has 1 aromatic carbocycles. The summed E-state index contributed by atoms with van der Waals surface area (Å²) in [6, 6.07) is 8.76. The van der Waals surface area contributed by atoms with Gasteiger partial charge in [0.15, 0.2) is 0 Å². The van der Waals surface area contributed by atoms with Crippen molar-refractivity contribution in [1.82, 2.24) is 0 Å². The van der Waals surface area contributed by atoms with Crippen LogP contribution in [0.5, 0.6) is 0 Å². The topological polar surface area (TPSA) is 64.6 Å². The normalized spacial score (nSPS) is 15.6. The second-order valence-corrected chi connectivity index (χ2v) is 5.21. The zero-order chi connectivity index (χ0) is 12.6. The lowest BCUT2D eigenvalue weighted by atomic mass is 10.3. The Morgan fingerprint density at radius 1 is 1.00 bits per heavy atom. The molecule has 0 unspecified atom stereocenters. The Morgan fingerprint density at radius 2 is 1.47 bits per heavy atom. The summed E-state index contributed by atoms with van der Waals surface area (Å²) >= 11 is 0. The minimum atomic E-state index is -3.13. The van der Waals surface area contributed by atoms with Crippen LogP contribution >= 0.6 is 0 Å². The number of ether oxygens (including phenoxy) is 2. The van der Waals surface area contributed by atoms with Crippen LogP contribution in [0.4, 0.5) is 5.69 Å². The van der Waals surface area contributed by atoms with Crippen molar-refractivity contribution in [3.63, 3.8) is 0 Å². The minimum absolute atomic E-state index is 0.593. The van der Waals surface area contributed by atoms with Crippen molar-refractivity contribution in [2.24, 2.45) is 0 Å². The Bertz CT molecular complexity index is 389. The van der Waals surface area contributed by atoms with Gasteiger partial charge >= 0.3 is 0 Å². The highest BCUT2D eigenvalue weighted by molar-refractivity contribution is 7.92. The third-order valence-electron chi connectivity index (χ3n) is 1.82. The molecule has 1 aromatic rings. The molecule has 1 aliphatic heterocycles. The summed E-state index contributed by atoms with van der Waals surface area (Å²) < 4.78 is 33.6. The largest absolute Gasteiger partial charge is 0.377 e. The standard InChI is InChI=1S/C7H9NO2S.C4H8O2/c1-11(9,10)8-7-5-3-2-4-6-7;1-2-6-4-3-5-1/h2-6,8H,1H3;1-4H2. The van der Waals surface area contributed by atoms with Crippen LogP contribution in [-0.4, -0.2) is 41.1 Å². The van der Waals surface area contributed by atoms with Gasteiger partial charge in [0.25, 0.3) is 0 Å². The molecule has 6 heteroatoms. The van der Waals surface area contributed by atoms with E-state index in [2.05, 4.69) is 4.72 Å². The Labute approximate surface area is 102 Å². The molecule has 0 amide bonds. The molecule has 5 nitrogen and oxygen atoms in total. The summed E-state index contributed by atoms with van der Waals surface area (Å²) in [6.07, 6.45) is 1.12. The summed E-state index contributed by atoms with van der Waals surface area (Å²) in [5.41, 5.74) is 0.593. The lowest BCUT2D eigenvalue weighted by Gasteiger charge is -2.09. The number of benzene rings is 1. The van der Waals surface area contributed by atoms with Crippen molar-refractivity contribution >= 4 is 15.7 Å². The molecule has 0 atom stereocenters.